The molecule has 0 spiro atoms. The Balaban J connectivity index is 1.44. The van der Waals surface area contributed by atoms with Gasteiger partial charge in [0, 0.05) is 33.3 Å². The highest BCUT2D eigenvalue weighted by atomic mass is 32.2. The monoisotopic (exact) mass is 530 g/mol. The minimum absolute atomic E-state index is 0.0925. The molecule has 0 saturated carbocycles. The van der Waals surface area contributed by atoms with Crippen molar-refractivity contribution in [3.63, 3.8) is 0 Å². The van der Waals surface area contributed by atoms with Gasteiger partial charge in [-0.3, -0.25) is 14.2 Å². The van der Waals surface area contributed by atoms with E-state index in [1.54, 1.807) is 59.0 Å². The van der Waals surface area contributed by atoms with E-state index in [0.717, 1.165) is 5.56 Å². The van der Waals surface area contributed by atoms with Crippen LogP contribution in [0.2, 0.25) is 0 Å². The number of carbonyl (C=O) groups is 1. The summed E-state index contributed by atoms with van der Waals surface area (Å²) in [4.78, 5) is 32.7. The fourth-order valence-electron chi connectivity index (χ4n) is 4.19. The standard InChI is InChI=1S/C25H30N4O5S2/c1-18-8-10-20(11-9-18)36(32,33)28-14-12-27(13-15-28)23(30)17-35-25-26-22-7-5-4-6-21(22)24(31)29(25)19(2)16-34-3/h4-11,19H,12-17H2,1-3H3/t19-/m0/s1. The van der Waals surface area contributed by atoms with Gasteiger partial charge >= 0.3 is 0 Å². The molecule has 0 bridgehead atoms. The van der Waals surface area contributed by atoms with Gasteiger partial charge in [0.15, 0.2) is 5.16 Å². The Bertz CT molecular complexity index is 1400. The largest absolute Gasteiger partial charge is 0.383 e. The first-order valence-electron chi connectivity index (χ1n) is 11.7. The summed E-state index contributed by atoms with van der Waals surface area (Å²) >= 11 is 1.21. The number of piperazine rings is 1. The summed E-state index contributed by atoms with van der Waals surface area (Å²) in [5.74, 6) is -0.0319. The highest BCUT2D eigenvalue weighted by Crippen LogP contribution is 2.23. The molecule has 0 aliphatic carbocycles. The Morgan fingerprint density at radius 3 is 2.42 bits per heavy atom. The van der Waals surface area contributed by atoms with Crippen molar-refractivity contribution in [1.29, 1.82) is 0 Å². The first-order valence-corrected chi connectivity index (χ1v) is 14.1. The van der Waals surface area contributed by atoms with E-state index in [1.165, 1.54) is 16.1 Å². The molecule has 1 aliphatic rings. The van der Waals surface area contributed by atoms with Gasteiger partial charge in [-0.05, 0) is 38.1 Å². The topological polar surface area (TPSA) is 102 Å². The maximum absolute atomic E-state index is 13.2. The third-order valence-corrected chi connectivity index (χ3v) is 9.05. The molecule has 0 unspecified atom stereocenters. The zero-order valence-electron chi connectivity index (χ0n) is 20.6. The van der Waals surface area contributed by atoms with E-state index in [4.69, 9.17) is 4.74 Å². The van der Waals surface area contributed by atoms with Crippen LogP contribution in [0.4, 0.5) is 0 Å². The number of ether oxygens (including phenoxy) is 1. The maximum Gasteiger partial charge on any atom is 0.262 e. The minimum Gasteiger partial charge on any atom is -0.383 e. The van der Waals surface area contributed by atoms with Gasteiger partial charge in [-0.2, -0.15) is 4.31 Å². The molecule has 4 rings (SSSR count). The average molecular weight is 531 g/mol. The van der Waals surface area contributed by atoms with Crippen LogP contribution in [0.3, 0.4) is 0 Å². The van der Waals surface area contributed by atoms with Crippen molar-refractivity contribution in [2.24, 2.45) is 0 Å². The molecule has 1 aromatic heterocycles. The summed E-state index contributed by atoms with van der Waals surface area (Å²) in [7, 11) is -2.02. The number of aryl methyl sites for hydroxylation is 1. The molecule has 1 saturated heterocycles. The van der Waals surface area contributed by atoms with Crippen molar-refractivity contribution in [3.8, 4) is 0 Å². The SMILES string of the molecule is COC[C@H](C)n1c(SCC(=O)N2CCN(S(=O)(=O)c3ccc(C)cc3)CC2)nc2ccccc2c1=O. The van der Waals surface area contributed by atoms with Crippen LogP contribution < -0.4 is 5.56 Å². The summed E-state index contributed by atoms with van der Waals surface area (Å²) in [5.41, 5.74) is 1.40. The number of nitrogens with zero attached hydrogens (tertiary/aromatic N) is 4. The van der Waals surface area contributed by atoms with E-state index < -0.39 is 10.0 Å². The number of sulfonamides is 1. The van der Waals surface area contributed by atoms with E-state index in [9.17, 15) is 18.0 Å². The molecule has 192 valence electrons. The fraction of sp³-hybridized carbons (Fsp3) is 0.400. The van der Waals surface area contributed by atoms with E-state index in [0.29, 0.717) is 35.8 Å². The van der Waals surface area contributed by atoms with Crippen LogP contribution in [0, 0.1) is 6.92 Å². The molecule has 11 heteroatoms. The third kappa shape index (κ3) is 5.49. The zero-order valence-corrected chi connectivity index (χ0v) is 22.2. The van der Waals surface area contributed by atoms with Crippen LogP contribution in [-0.2, 0) is 19.6 Å². The Morgan fingerprint density at radius 2 is 1.75 bits per heavy atom. The third-order valence-electron chi connectivity index (χ3n) is 6.20. The Hall–Kier alpha value is -2.73. The van der Waals surface area contributed by atoms with Crippen LogP contribution in [0.15, 0.2) is 63.4 Å². The van der Waals surface area contributed by atoms with Gasteiger partial charge in [-0.15, -0.1) is 0 Å². The van der Waals surface area contributed by atoms with Crippen LogP contribution in [0.25, 0.3) is 10.9 Å². The summed E-state index contributed by atoms with van der Waals surface area (Å²) in [5, 5.41) is 0.972. The average Bonchev–Trinajstić information content (AvgIpc) is 2.88. The van der Waals surface area contributed by atoms with Crippen molar-refractivity contribution in [2.75, 3.05) is 45.6 Å². The summed E-state index contributed by atoms with van der Waals surface area (Å²) in [6.45, 7) is 5.20. The quantitative estimate of drug-likeness (QED) is 0.326. The molecule has 2 heterocycles. The maximum atomic E-state index is 13.2. The van der Waals surface area contributed by atoms with E-state index in [-0.39, 0.29) is 41.2 Å². The van der Waals surface area contributed by atoms with Crippen molar-refractivity contribution in [3.05, 3.63) is 64.4 Å². The lowest BCUT2D eigenvalue weighted by Gasteiger charge is -2.34. The predicted molar refractivity (Wildman–Crippen MR) is 140 cm³/mol. The second kappa shape index (κ2) is 11.1. The number of hydrogen-bond donors (Lipinski definition) is 0. The number of benzene rings is 2. The van der Waals surface area contributed by atoms with E-state index >= 15 is 0 Å². The number of rotatable bonds is 8. The van der Waals surface area contributed by atoms with Crippen LogP contribution >= 0.6 is 11.8 Å². The lowest BCUT2D eigenvalue weighted by atomic mass is 10.2. The van der Waals surface area contributed by atoms with Gasteiger partial charge < -0.3 is 9.64 Å². The van der Waals surface area contributed by atoms with Crippen molar-refractivity contribution in [2.45, 2.75) is 29.9 Å². The first kappa shape index (κ1) is 26.3. The van der Waals surface area contributed by atoms with Crippen molar-refractivity contribution >= 4 is 38.6 Å². The van der Waals surface area contributed by atoms with E-state index in [2.05, 4.69) is 4.98 Å². The Morgan fingerprint density at radius 1 is 1.08 bits per heavy atom. The van der Waals surface area contributed by atoms with Gasteiger partial charge in [0.25, 0.3) is 5.56 Å². The van der Waals surface area contributed by atoms with Gasteiger partial charge in [0.2, 0.25) is 15.9 Å². The zero-order chi connectivity index (χ0) is 25.9. The Kier molecular flexibility index (Phi) is 8.13. The number of thioether (sulfide) groups is 1. The summed E-state index contributed by atoms with van der Waals surface area (Å²) < 4.78 is 34.1. The second-order valence-electron chi connectivity index (χ2n) is 8.78. The number of fused-ring (bicyclic) bond motifs is 1. The predicted octanol–water partition coefficient (Wildman–Crippen LogP) is 2.54. The normalized spacial score (nSPS) is 15.8. The molecule has 1 aliphatic heterocycles. The second-order valence-corrected chi connectivity index (χ2v) is 11.7. The fourth-order valence-corrected chi connectivity index (χ4v) is 6.61. The molecular weight excluding hydrogens is 500 g/mol. The highest BCUT2D eigenvalue weighted by Gasteiger charge is 2.30. The lowest BCUT2D eigenvalue weighted by molar-refractivity contribution is -0.129. The number of aromatic nitrogens is 2. The number of hydrogen-bond acceptors (Lipinski definition) is 7. The highest BCUT2D eigenvalue weighted by molar-refractivity contribution is 7.99. The van der Waals surface area contributed by atoms with Crippen LogP contribution in [0.1, 0.15) is 18.5 Å². The smallest absolute Gasteiger partial charge is 0.262 e. The molecule has 0 radical (unpaired) electrons. The summed E-state index contributed by atoms with van der Waals surface area (Å²) in [6.07, 6.45) is 0. The first-order chi connectivity index (χ1) is 17.2. The Labute approximate surface area is 215 Å². The molecule has 1 amide bonds. The lowest BCUT2D eigenvalue weighted by Crippen LogP contribution is -2.51. The van der Waals surface area contributed by atoms with Gasteiger partial charge in [0.05, 0.1) is 34.2 Å². The molecule has 1 atom stereocenters. The molecule has 3 aromatic rings. The summed E-state index contributed by atoms with van der Waals surface area (Å²) in [6, 6.07) is 13.7. The number of methoxy groups -OCH3 is 1. The molecule has 9 nitrogen and oxygen atoms in total. The number of para-hydroxylation sites is 1. The number of amides is 1. The molecule has 2 aromatic carbocycles. The van der Waals surface area contributed by atoms with Gasteiger partial charge in [-0.1, -0.05) is 41.6 Å². The van der Waals surface area contributed by atoms with Crippen molar-refractivity contribution in [1.82, 2.24) is 18.8 Å². The van der Waals surface area contributed by atoms with Crippen LogP contribution in [-0.4, -0.2) is 78.7 Å². The molecular formula is C25H30N4O5S2. The van der Waals surface area contributed by atoms with Gasteiger partial charge in [0.1, 0.15) is 0 Å². The van der Waals surface area contributed by atoms with Gasteiger partial charge in [-0.25, -0.2) is 13.4 Å². The minimum atomic E-state index is -3.60. The molecule has 1 fully saturated rings. The van der Waals surface area contributed by atoms with Crippen molar-refractivity contribution < 1.29 is 17.9 Å². The van der Waals surface area contributed by atoms with Crippen LogP contribution in [0.5, 0.6) is 0 Å². The molecule has 0 N–H and O–H groups in total. The van der Waals surface area contributed by atoms with E-state index in [1.807, 2.05) is 19.9 Å². The number of carbonyl (C=O) groups excluding carboxylic acids is 1. The molecule has 36 heavy (non-hydrogen) atoms.